The average Bonchev–Trinajstić information content (AvgIpc) is 2.64. The number of hydrogen-bond acceptors (Lipinski definition) is 4. The minimum atomic E-state index is 0.256. The highest BCUT2D eigenvalue weighted by Crippen LogP contribution is 2.18. The lowest BCUT2D eigenvalue weighted by atomic mass is 10.1. The minimum absolute atomic E-state index is 0.256. The van der Waals surface area contributed by atoms with Gasteiger partial charge in [0, 0.05) is 19.6 Å². The summed E-state index contributed by atoms with van der Waals surface area (Å²) in [5, 5.41) is 12.6. The van der Waals surface area contributed by atoms with E-state index in [2.05, 4.69) is 21.3 Å². The van der Waals surface area contributed by atoms with Crippen LogP contribution in [0.3, 0.4) is 0 Å². The Morgan fingerprint density at radius 2 is 2.28 bits per heavy atom. The second-order valence-electron chi connectivity index (χ2n) is 4.92. The zero-order chi connectivity index (χ0) is 12.8. The van der Waals surface area contributed by atoms with E-state index in [1.807, 2.05) is 19.2 Å². The molecule has 0 spiro atoms. The number of aliphatic hydroxyl groups is 1. The van der Waals surface area contributed by atoms with Crippen LogP contribution in [0.25, 0.3) is 0 Å². The molecule has 100 valence electrons. The monoisotopic (exact) mass is 249 g/mol. The standard InChI is InChI=1S/C14H23N3O/c1-15-14-8-5-6-12(16-14)10-17-9-4-2-3-7-13(17)11-18/h5-6,8,13,18H,2-4,7,9-11H2,1H3,(H,15,16). The van der Waals surface area contributed by atoms with Gasteiger partial charge in [0.2, 0.25) is 0 Å². The van der Waals surface area contributed by atoms with Gasteiger partial charge in [-0.05, 0) is 31.5 Å². The van der Waals surface area contributed by atoms with Gasteiger partial charge in [-0.15, -0.1) is 0 Å². The number of hydrogen-bond donors (Lipinski definition) is 2. The van der Waals surface area contributed by atoms with Crippen molar-refractivity contribution >= 4 is 5.82 Å². The zero-order valence-corrected chi connectivity index (χ0v) is 11.1. The molecule has 4 nitrogen and oxygen atoms in total. The SMILES string of the molecule is CNc1cccc(CN2CCCCCC2CO)n1. The van der Waals surface area contributed by atoms with Crippen LogP contribution in [0.1, 0.15) is 31.4 Å². The van der Waals surface area contributed by atoms with Crippen LogP contribution < -0.4 is 5.32 Å². The van der Waals surface area contributed by atoms with E-state index in [4.69, 9.17) is 0 Å². The molecule has 0 amide bonds. The second kappa shape index (κ2) is 6.71. The summed E-state index contributed by atoms with van der Waals surface area (Å²) in [6, 6.07) is 6.35. The molecule has 0 aliphatic carbocycles. The summed E-state index contributed by atoms with van der Waals surface area (Å²) in [5.41, 5.74) is 1.07. The van der Waals surface area contributed by atoms with Crippen LogP contribution in [0.4, 0.5) is 5.82 Å². The van der Waals surface area contributed by atoms with E-state index < -0.39 is 0 Å². The Morgan fingerprint density at radius 1 is 1.39 bits per heavy atom. The number of aliphatic hydroxyl groups excluding tert-OH is 1. The quantitative estimate of drug-likeness (QED) is 0.855. The number of anilines is 1. The molecule has 1 aromatic rings. The number of pyridine rings is 1. The summed E-state index contributed by atoms with van der Waals surface area (Å²) in [6.45, 7) is 2.16. The van der Waals surface area contributed by atoms with Crippen LogP contribution in [0.15, 0.2) is 18.2 Å². The van der Waals surface area contributed by atoms with Crippen molar-refractivity contribution in [2.75, 3.05) is 25.5 Å². The fourth-order valence-electron chi connectivity index (χ4n) is 2.57. The summed E-state index contributed by atoms with van der Waals surface area (Å²) in [4.78, 5) is 6.92. The van der Waals surface area contributed by atoms with Crippen LogP contribution in [0.5, 0.6) is 0 Å². The maximum Gasteiger partial charge on any atom is 0.126 e. The Labute approximate surface area is 109 Å². The predicted molar refractivity (Wildman–Crippen MR) is 73.5 cm³/mol. The lowest BCUT2D eigenvalue weighted by molar-refractivity contribution is 0.117. The first kappa shape index (κ1) is 13.3. The highest BCUT2D eigenvalue weighted by molar-refractivity contribution is 5.34. The van der Waals surface area contributed by atoms with Gasteiger partial charge in [-0.3, -0.25) is 4.90 Å². The Morgan fingerprint density at radius 3 is 3.06 bits per heavy atom. The predicted octanol–water partition coefficient (Wildman–Crippen LogP) is 1.86. The molecule has 0 radical (unpaired) electrons. The topological polar surface area (TPSA) is 48.4 Å². The van der Waals surface area contributed by atoms with Crippen LogP contribution in [-0.4, -0.2) is 41.2 Å². The van der Waals surface area contributed by atoms with Crippen molar-refractivity contribution in [3.05, 3.63) is 23.9 Å². The number of nitrogens with zero attached hydrogens (tertiary/aromatic N) is 2. The molecule has 1 aromatic heterocycles. The van der Waals surface area contributed by atoms with Crippen LogP contribution in [0.2, 0.25) is 0 Å². The summed E-state index contributed by atoms with van der Waals surface area (Å²) in [7, 11) is 1.88. The largest absolute Gasteiger partial charge is 0.395 e. The molecule has 0 bridgehead atoms. The van der Waals surface area contributed by atoms with E-state index in [0.717, 1.165) is 31.0 Å². The Kier molecular flexibility index (Phi) is 4.96. The van der Waals surface area contributed by atoms with Gasteiger partial charge in [0.25, 0.3) is 0 Å². The molecule has 1 fully saturated rings. The number of nitrogens with one attached hydrogen (secondary N) is 1. The molecular formula is C14H23N3O. The maximum atomic E-state index is 9.49. The summed E-state index contributed by atoms with van der Waals surface area (Å²) >= 11 is 0. The van der Waals surface area contributed by atoms with E-state index in [1.54, 1.807) is 0 Å². The van der Waals surface area contributed by atoms with Crippen molar-refractivity contribution in [3.8, 4) is 0 Å². The van der Waals surface area contributed by atoms with Crippen molar-refractivity contribution in [1.29, 1.82) is 0 Å². The van der Waals surface area contributed by atoms with Crippen LogP contribution in [0, 0.1) is 0 Å². The first-order valence-electron chi connectivity index (χ1n) is 6.82. The molecule has 2 heterocycles. The number of rotatable bonds is 4. The van der Waals surface area contributed by atoms with Gasteiger partial charge in [-0.2, -0.15) is 0 Å². The molecule has 0 saturated carbocycles. The van der Waals surface area contributed by atoms with E-state index in [9.17, 15) is 5.11 Å². The fourth-order valence-corrected chi connectivity index (χ4v) is 2.57. The third kappa shape index (κ3) is 3.43. The average molecular weight is 249 g/mol. The molecule has 1 aliphatic rings. The first-order chi connectivity index (χ1) is 8.83. The third-order valence-corrected chi connectivity index (χ3v) is 3.64. The van der Waals surface area contributed by atoms with Crippen LogP contribution in [-0.2, 0) is 6.54 Å². The molecule has 2 N–H and O–H groups in total. The van der Waals surface area contributed by atoms with Gasteiger partial charge in [-0.1, -0.05) is 18.9 Å². The van der Waals surface area contributed by atoms with Gasteiger partial charge in [0.05, 0.1) is 12.3 Å². The molecule has 1 aliphatic heterocycles. The van der Waals surface area contributed by atoms with Gasteiger partial charge < -0.3 is 10.4 Å². The maximum absolute atomic E-state index is 9.49. The third-order valence-electron chi connectivity index (χ3n) is 3.64. The van der Waals surface area contributed by atoms with E-state index in [0.29, 0.717) is 6.04 Å². The normalized spacial score (nSPS) is 21.6. The Balaban J connectivity index is 2.05. The molecule has 1 atom stereocenters. The fraction of sp³-hybridized carbons (Fsp3) is 0.643. The lowest BCUT2D eigenvalue weighted by Gasteiger charge is -2.28. The number of aromatic nitrogens is 1. The second-order valence-corrected chi connectivity index (χ2v) is 4.92. The zero-order valence-electron chi connectivity index (χ0n) is 11.1. The highest BCUT2D eigenvalue weighted by atomic mass is 16.3. The Bertz CT molecular complexity index is 370. The lowest BCUT2D eigenvalue weighted by Crippen LogP contribution is -2.37. The molecule has 2 rings (SSSR count). The Hall–Kier alpha value is -1.13. The van der Waals surface area contributed by atoms with E-state index in [-0.39, 0.29) is 6.61 Å². The van der Waals surface area contributed by atoms with E-state index in [1.165, 1.54) is 19.3 Å². The van der Waals surface area contributed by atoms with Crippen LogP contribution >= 0.6 is 0 Å². The molecule has 1 unspecified atom stereocenters. The van der Waals surface area contributed by atoms with Crippen molar-refractivity contribution in [1.82, 2.24) is 9.88 Å². The van der Waals surface area contributed by atoms with Gasteiger partial charge in [0.15, 0.2) is 0 Å². The molecule has 0 aromatic carbocycles. The van der Waals surface area contributed by atoms with Gasteiger partial charge in [0.1, 0.15) is 5.82 Å². The highest BCUT2D eigenvalue weighted by Gasteiger charge is 2.20. The molecule has 4 heteroatoms. The molecule has 18 heavy (non-hydrogen) atoms. The first-order valence-corrected chi connectivity index (χ1v) is 6.82. The number of likely N-dealkylation sites (tertiary alicyclic amines) is 1. The summed E-state index contributed by atoms with van der Waals surface area (Å²) < 4.78 is 0. The minimum Gasteiger partial charge on any atom is -0.395 e. The molecule has 1 saturated heterocycles. The summed E-state index contributed by atoms with van der Waals surface area (Å²) in [6.07, 6.45) is 4.83. The smallest absolute Gasteiger partial charge is 0.126 e. The summed E-state index contributed by atoms with van der Waals surface area (Å²) in [5.74, 6) is 0.905. The van der Waals surface area contributed by atoms with Gasteiger partial charge >= 0.3 is 0 Å². The van der Waals surface area contributed by atoms with Crippen molar-refractivity contribution in [2.24, 2.45) is 0 Å². The van der Waals surface area contributed by atoms with Crippen molar-refractivity contribution in [2.45, 2.75) is 38.3 Å². The van der Waals surface area contributed by atoms with Crippen molar-refractivity contribution < 1.29 is 5.11 Å². The van der Waals surface area contributed by atoms with Crippen molar-refractivity contribution in [3.63, 3.8) is 0 Å². The molecular weight excluding hydrogens is 226 g/mol. The van der Waals surface area contributed by atoms with E-state index >= 15 is 0 Å². The van der Waals surface area contributed by atoms with Gasteiger partial charge in [-0.25, -0.2) is 4.98 Å².